The highest BCUT2D eigenvalue weighted by Gasteiger charge is 2.19. The van der Waals surface area contributed by atoms with Gasteiger partial charge in [-0.05, 0) is 38.2 Å². The van der Waals surface area contributed by atoms with Crippen LogP contribution in [0, 0.1) is 0 Å². The van der Waals surface area contributed by atoms with Gasteiger partial charge in [-0.3, -0.25) is 0 Å². The third-order valence-electron chi connectivity index (χ3n) is 3.23. The first-order chi connectivity index (χ1) is 8.81. The Kier molecular flexibility index (Phi) is 2.98. The number of rotatable bonds is 3. The van der Waals surface area contributed by atoms with E-state index in [1.165, 1.54) is 12.8 Å². The average molecular weight is 244 g/mol. The molecule has 0 saturated carbocycles. The number of anilines is 1. The number of likely N-dealkylation sites (tertiary alicyclic amines) is 1. The molecule has 1 aromatic carbocycles. The Balaban J connectivity index is 1.75. The number of nitrogens with one attached hydrogen (secondary N) is 1. The molecule has 0 amide bonds. The Labute approximate surface area is 106 Å². The highest BCUT2D eigenvalue weighted by atomic mass is 16.4. The number of nitrogens with zero attached hydrogens (tertiary/aromatic N) is 3. The molecule has 1 unspecified atom stereocenters. The first-order valence-corrected chi connectivity index (χ1v) is 6.13. The maximum absolute atomic E-state index is 5.20. The van der Waals surface area contributed by atoms with Gasteiger partial charge in [-0.2, -0.15) is 0 Å². The molecule has 1 aliphatic rings. The van der Waals surface area contributed by atoms with Gasteiger partial charge in [-0.1, -0.05) is 6.07 Å². The second-order valence-corrected chi connectivity index (χ2v) is 4.72. The van der Waals surface area contributed by atoms with Crippen LogP contribution in [-0.2, 0) is 0 Å². The quantitative estimate of drug-likeness (QED) is 0.893. The summed E-state index contributed by atoms with van der Waals surface area (Å²) in [5, 5.41) is 11.2. The standard InChI is InChI=1S/C13H16N4O/c1-17-6-5-12(8-17)15-11-4-2-3-10(7-11)13-16-14-9-18-13/h2-4,7,9,12,15H,5-6,8H2,1H3. The van der Waals surface area contributed by atoms with E-state index in [4.69, 9.17) is 4.42 Å². The molecule has 94 valence electrons. The van der Waals surface area contributed by atoms with E-state index in [2.05, 4.69) is 33.5 Å². The summed E-state index contributed by atoms with van der Waals surface area (Å²) in [6, 6.07) is 8.61. The number of benzene rings is 1. The molecule has 1 N–H and O–H groups in total. The smallest absolute Gasteiger partial charge is 0.247 e. The Morgan fingerprint density at radius 2 is 2.39 bits per heavy atom. The number of hydrogen-bond acceptors (Lipinski definition) is 5. The Bertz CT molecular complexity index is 511. The van der Waals surface area contributed by atoms with E-state index >= 15 is 0 Å². The normalized spacial score (nSPS) is 20.2. The molecule has 1 atom stereocenters. The van der Waals surface area contributed by atoms with Crippen LogP contribution in [0.2, 0.25) is 0 Å². The molecule has 5 nitrogen and oxygen atoms in total. The largest absolute Gasteiger partial charge is 0.423 e. The van der Waals surface area contributed by atoms with Gasteiger partial charge in [0, 0.05) is 23.8 Å². The molecular weight excluding hydrogens is 228 g/mol. The predicted molar refractivity (Wildman–Crippen MR) is 69.3 cm³/mol. The number of aromatic nitrogens is 2. The first-order valence-electron chi connectivity index (χ1n) is 6.13. The third-order valence-corrected chi connectivity index (χ3v) is 3.23. The summed E-state index contributed by atoms with van der Waals surface area (Å²) in [6.07, 6.45) is 2.53. The highest BCUT2D eigenvalue weighted by molar-refractivity contribution is 5.61. The Morgan fingerprint density at radius 3 is 3.11 bits per heavy atom. The van der Waals surface area contributed by atoms with Crippen molar-refractivity contribution in [3.05, 3.63) is 30.7 Å². The molecule has 1 aliphatic heterocycles. The molecular formula is C13H16N4O. The summed E-state index contributed by atoms with van der Waals surface area (Å²) in [5.41, 5.74) is 2.05. The molecule has 2 aromatic rings. The molecule has 1 fully saturated rings. The van der Waals surface area contributed by atoms with Gasteiger partial charge in [0.15, 0.2) is 0 Å². The predicted octanol–water partition coefficient (Wildman–Crippen LogP) is 1.85. The van der Waals surface area contributed by atoms with Crippen molar-refractivity contribution < 1.29 is 4.42 Å². The van der Waals surface area contributed by atoms with Crippen molar-refractivity contribution in [2.24, 2.45) is 0 Å². The van der Waals surface area contributed by atoms with Crippen LogP contribution in [0.1, 0.15) is 6.42 Å². The second-order valence-electron chi connectivity index (χ2n) is 4.72. The van der Waals surface area contributed by atoms with Crippen LogP contribution in [0.25, 0.3) is 11.5 Å². The SMILES string of the molecule is CN1CCC(Nc2cccc(-c3nnco3)c2)C1. The molecule has 2 heterocycles. The van der Waals surface area contributed by atoms with Gasteiger partial charge < -0.3 is 14.6 Å². The van der Waals surface area contributed by atoms with Gasteiger partial charge in [0.2, 0.25) is 12.3 Å². The molecule has 3 rings (SSSR count). The van der Waals surface area contributed by atoms with Gasteiger partial charge in [0.05, 0.1) is 0 Å². The van der Waals surface area contributed by atoms with Crippen molar-refractivity contribution in [1.29, 1.82) is 0 Å². The van der Waals surface area contributed by atoms with Crippen LogP contribution < -0.4 is 5.32 Å². The third kappa shape index (κ3) is 2.36. The van der Waals surface area contributed by atoms with Crippen molar-refractivity contribution in [3.63, 3.8) is 0 Å². The van der Waals surface area contributed by atoms with Gasteiger partial charge in [0.25, 0.3) is 0 Å². The molecule has 0 aliphatic carbocycles. The lowest BCUT2D eigenvalue weighted by Gasteiger charge is -2.14. The van der Waals surface area contributed by atoms with Gasteiger partial charge in [-0.25, -0.2) is 0 Å². The lowest BCUT2D eigenvalue weighted by molar-refractivity contribution is 0.414. The minimum atomic E-state index is 0.521. The van der Waals surface area contributed by atoms with E-state index in [9.17, 15) is 0 Å². The minimum absolute atomic E-state index is 0.521. The molecule has 1 saturated heterocycles. The Hall–Kier alpha value is -1.88. The van der Waals surface area contributed by atoms with Crippen molar-refractivity contribution in [3.8, 4) is 11.5 Å². The summed E-state index contributed by atoms with van der Waals surface area (Å²) in [7, 11) is 2.15. The summed E-state index contributed by atoms with van der Waals surface area (Å²) in [6.45, 7) is 2.24. The topological polar surface area (TPSA) is 54.2 Å². The van der Waals surface area contributed by atoms with E-state index in [1.54, 1.807) is 0 Å². The Morgan fingerprint density at radius 1 is 1.44 bits per heavy atom. The fourth-order valence-electron chi connectivity index (χ4n) is 2.33. The van der Waals surface area contributed by atoms with E-state index in [1.807, 2.05) is 18.2 Å². The maximum atomic E-state index is 5.20. The number of likely N-dealkylation sites (N-methyl/N-ethyl adjacent to an activating group) is 1. The van der Waals surface area contributed by atoms with Gasteiger partial charge in [0.1, 0.15) is 0 Å². The summed E-state index contributed by atoms with van der Waals surface area (Å²) in [4.78, 5) is 2.33. The zero-order valence-electron chi connectivity index (χ0n) is 10.3. The fourth-order valence-corrected chi connectivity index (χ4v) is 2.33. The van der Waals surface area contributed by atoms with E-state index < -0.39 is 0 Å². The van der Waals surface area contributed by atoms with E-state index in [0.29, 0.717) is 11.9 Å². The van der Waals surface area contributed by atoms with E-state index in [-0.39, 0.29) is 0 Å². The van der Waals surface area contributed by atoms with Crippen molar-refractivity contribution in [2.75, 3.05) is 25.5 Å². The molecule has 0 spiro atoms. The summed E-state index contributed by atoms with van der Waals surface area (Å²) >= 11 is 0. The minimum Gasteiger partial charge on any atom is -0.423 e. The van der Waals surface area contributed by atoms with E-state index in [0.717, 1.165) is 24.3 Å². The van der Waals surface area contributed by atoms with Crippen molar-refractivity contribution >= 4 is 5.69 Å². The van der Waals surface area contributed by atoms with Crippen LogP contribution in [0.4, 0.5) is 5.69 Å². The van der Waals surface area contributed by atoms with Crippen LogP contribution in [0.3, 0.4) is 0 Å². The zero-order valence-corrected chi connectivity index (χ0v) is 10.3. The molecule has 0 bridgehead atoms. The molecule has 18 heavy (non-hydrogen) atoms. The zero-order chi connectivity index (χ0) is 12.4. The molecule has 0 radical (unpaired) electrons. The average Bonchev–Trinajstić information content (AvgIpc) is 3.01. The lowest BCUT2D eigenvalue weighted by Crippen LogP contribution is -2.23. The van der Waals surface area contributed by atoms with Gasteiger partial charge in [-0.15, -0.1) is 10.2 Å². The summed E-state index contributed by atoms with van der Waals surface area (Å²) in [5.74, 6) is 0.558. The lowest BCUT2D eigenvalue weighted by atomic mass is 10.1. The van der Waals surface area contributed by atoms with Crippen LogP contribution in [0.15, 0.2) is 35.1 Å². The van der Waals surface area contributed by atoms with Crippen LogP contribution in [-0.4, -0.2) is 41.3 Å². The molecule has 1 aromatic heterocycles. The number of hydrogen-bond donors (Lipinski definition) is 1. The first kappa shape index (κ1) is 11.2. The van der Waals surface area contributed by atoms with Crippen molar-refractivity contribution in [1.82, 2.24) is 15.1 Å². The monoisotopic (exact) mass is 244 g/mol. The second kappa shape index (κ2) is 4.78. The maximum Gasteiger partial charge on any atom is 0.247 e. The molecule has 5 heteroatoms. The summed E-state index contributed by atoms with van der Waals surface area (Å²) < 4.78 is 5.20. The van der Waals surface area contributed by atoms with Crippen LogP contribution in [0.5, 0.6) is 0 Å². The van der Waals surface area contributed by atoms with Crippen LogP contribution >= 0.6 is 0 Å². The van der Waals surface area contributed by atoms with Crippen molar-refractivity contribution in [2.45, 2.75) is 12.5 Å². The highest BCUT2D eigenvalue weighted by Crippen LogP contribution is 2.22. The fraction of sp³-hybridized carbons (Fsp3) is 0.385. The van der Waals surface area contributed by atoms with Gasteiger partial charge >= 0.3 is 0 Å².